The van der Waals surface area contributed by atoms with E-state index in [1.54, 1.807) is 15.9 Å². The largest absolute Gasteiger partial charge is 0.354 e. The van der Waals surface area contributed by atoms with Crippen LogP contribution in [0.4, 0.5) is 5.69 Å². The lowest BCUT2D eigenvalue weighted by atomic mass is 10.0. The summed E-state index contributed by atoms with van der Waals surface area (Å²) in [6, 6.07) is 28.0. The molecule has 0 aromatic heterocycles. The summed E-state index contributed by atoms with van der Waals surface area (Å²) in [7, 11) is 0. The summed E-state index contributed by atoms with van der Waals surface area (Å²) in [6.45, 7) is 4.64. The summed E-state index contributed by atoms with van der Waals surface area (Å²) >= 11 is 3.53. The van der Waals surface area contributed by atoms with Gasteiger partial charge in [0.2, 0.25) is 11.8 Å². The number of anilines is 1. The van der Waals surface area contributed by atoms with Gasteiger partial charge in [-0.25, -0.2) is 0 Å². The maximum absolute atomic E-state index is 14.2. The van der Waals surface area contributed by atoms with Crippen molar-refractivity contribution < 1.29 is 14.4 Å². The van der Waals surface area contributed by atoms with Gasteiger partial charge in [0.15, 0.2) is 0 Å². The van der Waals surface area contributed by atoms with Gasteiger partial charge in [-0.15, -0.1) is 0 Å². The Morgan fingerprint density at radius 3 is 2.33 bits per heavy atom. The van der Waals surface area contributed by atoms with Gasteiger partial charge < -0.3 is 10.2 Å². The van der Waals surface area contributed by atoms with Crippen LogP contribution in [0.15, 0.2) is 95.5 Å². The number of nitrogens with zero attached hydrogens (tertiary/aromatic N) is 2. The summed E-state index contributed by atoms with van der Waals surface area (Å²) in [6.07, 6.45) is 0.355. The molecule has 0 fully saturated rings. The minimum atomic E-state index is -0.761. The molecule has 4 aromatic rings. The lowest BCUT2D eigenvalue weighted by Crippen LogP contribution is -2.53. The van der Waals surface area contributed by atoms with Crippen LogP contribution < -0.4 is 10.2 Å². The molecule has 1 unspecified atom stereocenters. The van der Waals surface area contributed by atoms with Crippen LogP contribution >= 0.6 is 15.9 Å². The molecular weight excluding hydrogens is 566 g/mol. The quantitative estimate of drug-likeness (QED) is 0.245. The van der Waals surface area contributed by atoms with E-state index >= 15 is 0 Å². The molecule has 6 nitrogen and oxygen atoms in total. The average molecular weight is 599 g/mol. The molecule has 7 heteroatoms. The second-order valence-corrected chi connectivity index (χ2v) is 11.5. The number of halogens is 1. The molecular formula is C33H32BrN3O3. The highest BCUT2D eigenvalue weighted by molar-refractivity contribution is 9.10. The van der Waals surface area contributed by atoms with Crippen molar-refractivity contribution in [2.75, 3.05) is 18.0 Å². The van der Waals surface area contributed by atoms with Gasteiger partial charge in [-0.2, -0.15) is 0 Å². The fourth-order valence-electron chi connectivity index (χ4n) is 5.17. The third-order valence-corrected chi connectivity index (χ3v) is 7.63. The first-order chi connectivity index (χ1) is 19.3. The lowest BCUT2D eigenvalue weighted by Gasteiger charge is -2.33. The van der Waals surface area contributed by atoms with Gasteiger partial charge in [0.1, 0.15) is 12.6 Å². The fraction of sp³-hybridized carbons (Fsp3) is 0.242. The molecule has 0 saturated carbocycles. The Bertz CT molecular complexity index is 1550. The molecule has 0 aliphatic carbocycles. The van der Waals surface area contributed by atoms with Crippen molar-refractivity contribution in [3.8, 4) is 0 Å². The Morgan fingerprint density at radius 2 is 1.60 bits per heavy atom. The van der Waals surface area contributed by atoms with Crippen molar-refractivity contribution in [1.82, 2.24) is 10.2 Å². The summed E-state index contributed by atoms with van der Waals surface area (Å²) in [5, 5.41) is 4.86. The van der Waals surface area contributed by atoms with Gasteiger partial charge in [-0.3, -0.25) is 19.3 Å². The number of rotatable bonds is 10. The third-order valence-electron chi connectivity index (χ3n) is 7.14. The molecule has 1 heterocycles. The van der Waals surface area contributed by atoms with Gasteiger partial charge in [-0.05, 0) is 46.7 Å². The molecule has 4 aromatic carbocycles. The van der Waals surface area contributed by atoms with E-state index < -0.39 is 6.04 Å². The van der Waals surface area contributed by atoms with Gasteiger partial charge in [0.05, 0.1) is 5.69 Å². The van der Waals surface area contributed by atoms with Crippen LogP contribution in [0.1, 0.15) is 35.3 Å². The fourth-order valence-corrected chi connectivity index (χ4v) is 5.62. The Kier molecular flexibility index (Phi) is 8.31. The Labute approximate surface area is 243 Å². The maximum atomic E-state index is 14.2. The summed E-state index contributed by atoms with van der Waals surface area (Å²) in [4.78, 5) is 44.6. The number of hydrogen-bond acceptors (Lipinski definition) is 3. The van der Waals surface area contributed by atoms with Crippen LogP contribution in [0, 0.1) is 5.92 Å². The zero-order valence-electron chi connectivity index (χ0n) is 22.6. The molecule has 5 rings (SSSR count). The van der Waals surface area contributed by atoms with Crippen molar-refractivity contribution in [3.05, 3.63) is 112 Å². The molecule has 1 atom stereocenters. The predicted octanol–water partition coefficient (Wildman–Crippen LogP) is 5.97. The minimum absolute atomic E-state index is 0.163. The summed E-state index contributed by atoms with van der Waals surface area (Å²) < 4.78 is 0.887. The van der Waals surface area contributed by atoms with E-state index in [-0.39, 0.29) is 36.7 Å². The third kappa shape index (κ3) is 5.94. The Balaban J connectivity index is 1.50. The first-order valence-electron chi connectivity index (χ1n) is 13.5. The summed E-state index contributed by atoms with van der Waals surface area (Å²) in [5.74, 6) is -0.444. The molecule has 1 aliphatic heterocycles. The van der Waals surface area contributed by atoms with E-state index in [1.807, 2.05) is 98.8 Å². The van der Waals surface area contributed by atoms with E-state index in [9.17, 15) is 14.4 Å². The van der Waals surface area contributed by atoms with Crippen LogP contribution in [-0.4, -0.2) is 41.8 Å². The average Bonchev–Trinajstić information content (AvgIpc) is 3.22. The van der Waals surface area contributed by atoms with Crippen LogP contribution in [0.2, 0.25) is 0 Å². The highest BCUT2D eigenvalue weighted by Crippen LogP contribution is 2.37. The van der Waals surface area contributed by atoms with Crippen molar-refractivity contribution in [2.24, 2.45) is 5.92 Å². The summed E-state index contributed by atoms with van der Waals surface area (Å²) in [5.41, 5.74) is 3.15. The van der Waals surface area contributed by atoms with Crippen molar-refractivity contribution in [3.63, 3.8) is 0 Å². The molecule has 3 amide bonds. The van der Waals surface area contributed by atoms with E-state index in [4.69, 9.17) is 0 Å². The highest BCUT2D eigenvalue weighted by atomic mass is 79.9. The number of benzene rings is 4. The van der Waals surface area contributed by atoms with E-state index in [1.165, 1.54) is 0 Å². The van der Waals surface area contributed by atoms with Gasteiger partial charge in [-0.1, -0.05) is 96.5 Å². The molecule has 204 valence electrons. The van der Waals surface area contributed by atoms with Crippen LogP contribution in [-0.2, 0) is 22.6 Å². The molecule has 0 spiro atoms. The van der Waals surface area contributed by atoms with E-state index in [0.29, 0.717) is 18.5 Å². The Morgan fingerprint density at radius 1 is 0.900 bits per heavy atom. The van der Waals surface area contributed by atoms with Crippen molar-refractivity contribution >= 4 is 50.1 Å². The second-order valence-electron chi connectivity index (χ2n) is 10.6. The maximum Gasteiger partial charge on any atom is 0.259 e. The zero-order valence-corrected chi connectivity index (χ0v) is 24.2. The molecule has 0 bridgehead atoms. The molecule has 1 aliphatic rings. The normalized spacial score (nSPS) is 13.1. The number of hydrogen-bond donors (Lipinski definition) is 1. The van der Waals surface area contributed by atoms with E-state index in [0.717, 1.165) is 32.1 Å². The first-order valence-corrected chi connectivity index (χ1v) is 14.3. The number of nitrogens with one attached hydrogen (secondary N) is 1. The molecule has 0 radical (unpaired) electrons. The van der Waals surface area contributed by atoms with Gasteiger partial charge in [0, 0.05) is 34.9 Å². The van der Waals surface area contributed by atoms with E-state index in [2.05, 4.69) is 21.2 Å². The van der Waals surface area contributed by atoms with Gasteiger partial charge in [0.25, 0.3) is 5.91 Å². The highest BCUT2D eigenvalue weighted by Gasteiger charge is 2.35. The van der Waals surface area contributed by atoms with Crippen LogP contribution in [0.5, 0.6) is 0 Å². The molecule has 1 N–H and O–H groups in total. The first kappa shape index (κ1) is 27.6. The standard InChI is InChI=1S/C33H32BrN3O3/c1-22(2)19-35-32(39)29(18-23-9-4-3-5-10-23)36(20-24-11-6-14-26(34)17-24)30(38)21-37-28-16-8-13-25-12-7-15-27(31(25)28)33(37)40/h3-17,22,29H,18-21H2,1-2H3,(H,35,39). The predicted molar refractivity (Wildman–Crippen MR) is 162 cm³/mol. The topological polar surface area (TPSA) is 69.7 Å². The number of carbonyl (C=O) groups excluding carboxylic acids is 3. The van der Waals surface area contributed by atoms with Crippen LogP contribution in [0.25, 0.3) is 10.8 Å². The zero-order chi connectivity index (χ0) is 28.2. The molecule has 40 heavy (non-hydrogen) atoms. The molecule has 0 saturated heterocycles. The minimum Gasteiger partial charge on any atom is -0.354 e. The Hall–Kier alpha value is -3.97. The monoisotopic (exact) mass is 597 g/mol. The second kappa shape index (κ2) is 12.0. The SMILES string of the molecule is CC(C)CNC(=O)C(Cc1ccccc1)N(Cc1cccc(Br)c1)C(=O)CN1C(=O)c2cccc3cccc1c23. The van der Waals surface area contributed by atoms with Crippen molar-refractivity contribution in [1.29, 1.82) is 0 Å². The van der Waals surface area contributed by atoms with Gasteiger partial charge >= 0.3 is 0 Å². The smallest absolute Gasteiger partial charge is 0.259 e. The number of carbonyl (C=O) groups is 3. The van der Waals surface area contributed by atoms with Crippen LogP contribution in [0.3, 0.4) is 0 Å². The van der Waals surface area contributed by atoms with Crippen molar-refractivity contribution in [2.45, 2.75) is 32.9 Å². The lowest BCUT2D eigenvalue weighted by molar-refractivity contribution is -0.140. The number of amides is 3.